The van der Waals surface area contributed by atoms with E-state index in [0.29, 0.717) is 35.8 Å². The summed E-state index contributed by atoms with van der Waals surface area (Å²) in [6.07, 6.45) is 0.638. The number of amides is 1. The molecule has 196 valence electrons. The molecule has 2 aliphatic heterocycles. The molecular weight excluding hydrogens is 486 g/mol. The maximum Gasteiger partial charge on any atom is 0.229 e. The predicted octanol–water partition coefficient (Wildman–Crippen LogP) is 1.33. The Labute approximate surface area is 211 Å². The van der Waals surface area contributed by atoms with Crippen molar-refractivity contribution >= 4 is 21.4 Å². The van der Waals surface area contributed by atoms with Crippen molar-refractivity contribution in [3.63, 3.8) is 0 Å². The van der Waals surface area contributed by atoms with E-state index in [0.717, 1.165) is 18.7 Å². The predicted molar refractivity (Wildman–Crippen MR) is 134 cm³/mol. The van der Waals surface area contributed by atoms with Gasteiger partial charge in [0.05, 0.1) is 25.5 Å². The molecule has 0 bridgehead atoms. The van der Waals surface area contributed by atoms with Crippen molar-refractivity contribution in [2.75, 3.05) is 45.8 Å². The van der Waals surface area contributed by atoms with Crippen molar-refractivity contribution in [2.24, 2.45) is 5.92 Å². The van der Waals surface area contributed by atoms with Crippen molar-refractivity contribution in [1.29, 1.82) is 0 Å². The highest BCUT2D eigenvalue weighted by molar-refractivity contribution is 7.92. The first-order chi connectivity index (χ1) is 17.3. The lowest BCUT2D eigenvalue weighted by molar-refractivity contribution is -0.115. The molecule has 2 aromatic carbocycles. The highest BCUT2D eigenvalue weighted by Gasteiger charge is 2.36. The Morgan fingerprint density at radius 2 is 1.83 bits per heavy atom. The molecule has 36 heavy (non-hydrogen) atoms. The number of ether oxygens (including phenoxy) is 3. The number of anilines is 1. The minimum Gasteiger partial charge on any atom is -0.493 e. The van der Waals surface area contributed by atoms with E-state index in [2.05, 4.69) is 16.0 Å². The third-order valence-corrected chi connectivity index (χ3v) is 8.69. The summed E-state index contributed by atoms with van der Waals surface area (Å²) in [7, 11) is -0.855. The van der Waals surface area contributed by atoms with Crippen LogP contribution >= 0.6 is 0 Å². The number of sulfone groups is 1. The number of nitrogens with one attached hydrogen (secondary N) is 3. The van der Waals surface area contributed by atoms with Crippen molar-refractivity contribution in [3.8, 4) is 17.2 Å². The van der Waals surface area contributed by atoms with Crippen molar-refractivity contribution in [2.45, 2.75) is 35.6 Å². The second-order valence-corrected chi connectivity index (χ2v) is 11.0. The lowest BCUT2D eigenvalue weighted by Gasteiger charge is -2.32. The van der Waals surface area contributed by atoms with Gasteiger partial charge in [-0.25, -0.2) is 8.42 Å². The summed E-state index contributed by atoms with van der Waals surface area (Å²) in [6.45, 7) is 1.42. The third-order valence-electron chi connectivity index (χ3n) is 6.56. The number of rotatable bonds is 11. The molecule has 10 nitrogen and oxygen atoms in total. The Balaban J connectivity index is 1.46. The van der Waals surface area contributed by atoms with Gasteiger partial charge < -0.3 is 30.0 Å². The Morgan fingerprint density at radius 1 is 1.08 bits per heavy atom. The first kappa shape index (κ1) is 26.2. The minimum atomic E-state index is -3.81. The van der Waals surface area contributed by atoms with Crippen LogP contribution in [-0.2, 0) is 21.1 Å². The Hall–Kier alpha value is -2.86. The zero-order chi connectivity index (χ0) is 25.7. The fourth-order valence-corrected chi connectivity index (χ4v) is 6.59. The number of benzene rings is 2. The topological polar surface area (TPSA) is 135 Å². The molecule has 2 aliphatic rings. The van der Waals surface area contributed by atoms with Gasteiger partial charge in [0, 0.05) is 23.9 Å². The molecule has 1 amide bonds. The van der Waals surface area contributed by atoms with Crippen LogP contribution in [0.3, 0.4) is 0 Å². The first-order valence-electron chi connectivity index (χ1n) is 12.0. The number of methoxy groups -OCH3 is 2. The van der Waals surface area contributed by atoms with Gasteiger partial charge in [0.2, 0.25) is 5.91 Å². The van der Waals surface area contributed by atoms with E-state index in [9.17, 15) is 18.3 Å². The molecule has 4 rings (SSSR count). The van der Waals surface area contributed by atoms with Crippen LogP contribution in [0.25, 0.3) is 0 Å². The van der Waals surface area contributed by atoms with Crippen LogP contribution in [0.1, 0.15) is 18.4 Å². The Bertz CT molecular complexity index is 1180. The molecule has 2 aromatic rings. The van der Waals surface area contributed by atoms with E-state index < -0.39 is 21.3 Å². The highest BCUT2D eigenvalue weighted by Crippen LogP contribution is 2.33. The number of hydrogen-bond acceptors (Lipinski definition) is 9. The molecule has 1 fully saturated rings. The van der Waals surface area contributed by atoms with E-state index >= 15 is 0 Å². The van der Waals surface area contributed by atoms with E-state index in [4.69, 9.17) is 14.2 Å². The van der Waals surface area contributed by atoms with Gasteiger partial charge in [-0.1, -0.05) is 6.07 Å². The number of carbonyl (C=O) groups excluding carboxylic acids is 1. The third kappa shape index (κ3) is 5.75. The number of hydrogen-bond donors (Lipinski definition) is 4. The Morgan fingerprint density at radius 3 is 2.56 bits per heavy atom. The standard InChI is InChI=1S/C25H33N3O7S/c1-33-22-7-6-18(12-23(22)34-2)36(31,32)25(16-8-10-26-11-9-16)27-14-17(29)15-35-21-5-3-4-20-19(21)13-24(30)28-20/h3-7,12,16-17,25-27,29H,8-11,13-15H2,1-2H3,(H,28,30)/t17-,25?/m0/s1. The second kappa shape index (κ2) is 11.5. The summed E-state index contributed by atoms with van der Waals surface area (Å²) in [5.74, 6) is 1.07. The molecular formula is C25H33N3O7S. The SMILES string of the molecule is COc1ccc(S(=O)(=O)C(NC[C@H](O)COc2cccc3c2CC(=O)N3)C2CCNCC2)cc1OC. The van der Waals surface area contributed by atoms with Gasteiger partial charge in [0.25, 0.3) is 0 Å². The molecule has 0 aromatic heterocycles. The molecule has 11 heteroatoms. The van der Waals surface area contributed by atoms with Crippen LogP contribution < -0.4 is 30.2 Å². The summed E-state index contributed by atoms with van der Waals surface area (Å²) < 4.78 is 43.8. The smallest absolute Gasteiger partial charge is 0.229 e. The van der Waals surface area contributed by atoms with Crippen LogP contribution in [0.2, 0.25) is 0 Å². The largest absolute Gasteiger partial charge is 0.493 e. The normalized spacial score (nSPS) is 17.7. The molecule has 1 saturated heterocycles. The maximum absolute atomic E-state index is 13.7. The number of piperidine rings is 1. The molecule has 0 aliphatic carbocycles. The van der Waals surface area contributed by atoms with Crippen LogP contribution in [0.4, 0.5) is 5.69 Å². The summed E-state index contributed by atoms with van der Waals surface area (Å²) in [4.78, 5) is 11.8. The summed E-state index contributed by atoms with van der Waals surface area (Å²) in [5.41, 5.74) is 1.46. The van der Waals surface area contributed by atoms with Gasteiger partial charge in [0.1, 0.15) is 23.8 Å². The second-order valence-electron chi connectivity index (χ2n) is 8.95. The fraction of sp³-hybridized carbons (Fsp3) is 0.480. The zero-order valence-corrected chi connectivity index (χ0v) is 21.3. The van der Waals surface area contributed by atoms with Crippen molar-refractivity contribution in [3.05, 3.63) is 42.0 Å². The molecule has 2 heterocycles. The van der Waals surface area contributed by atoms with Crippen LogP contribution in [0, 0.1) is 5.92 Å². The molecule has 2 atom stereocenters. The van der Waals surface area contributed by atoms with Crippen LogP contribution in [-0.4, -0.2) is 71.4 Å². The average molecular weight is 520 g/mol. The van der Waals surface area contributed by atoms with Crippen LogP contribution in [0.15, 0.2) is 41.3 Å². The van der Waals surface area contributed by atoms with Gasteiger partial charge in [-0.3, -0.25) is 10.1 Å². The van der Waals surface area contributed by atoms with Gasteiger partial charge in [-0.05, 0) is 56.1 Å². The lowest BCUT2D eigenvalue weighted by atomic mass is 9.98. The van der Waals surface area contributed by atoms with Crippen molar-refractivity contribution < 1.29 is 32.5 Å². The quantitative estimate of drug-likeness (QED) is 0.347. The molecule has 0 spiro atoms. The van der Waals surface area contributed by atoms with Gasteiger partial charge in [-0.2, -0.15) is 0 Å². The summed E-state index contributed by atoms with van der Waals surface area (Å²) in [5, 5.41) is 18.9. The fourth-order valence-electron chi connectivity index (χ4n) is 4.67. The highest BCUT2D eigenvalue weighted by atomic mass is 32.2. The monoisotopic (exact) mass is 519 g/mol. The molecule has 0 saturated carbocycles. The Kier molecular flexibility index (Phi) is 8.35. The lowest BCUT2D eigenvalue weighted by Crippen LogP contribution is -2.49. The summed E-state index contributed by atoms with van der Waals surface area (Å²) in [6, 6.07) is 9.87. The number of carbonyl (C=O) groups is 1. The number of aliphatic hydroxyl groups is 1. The van der Waals surface area contributed by atoms with E-state index in [1.807, 2.05) is 0 Å². The minimum absolute atomic E-state index is 0.0212. The van der Waals surface area contributed by atoms with Crippen LogP contribution in [0.5, 0.6) is 17.2 Å². The van der Waals surface area contributed by atoms with Crippen molar-refractivity contribution in [1.82, 2.24) is 10.6 Å². The van der Waals surface area contributed by atoms with E-state index in [1.54, 1.807) is 24.3 Å². The number of aliphatic hydroxyl groups excluding tert-OH is 1. The molecule has 0 radical (unpaired) electrons. The molecule has 1 unspecified atom stereocenters. The van der Waals surface area contributed by atoms with Gasteiger partial charge in [-0.15, -0.1) is 0 Å². The van der Waals surface area contributed by atoms with E-state index in [1.165, 1.54) is 26.4 Å². The number of fused-ring (bicyclic) bond motifs is 1. The van der Waals surface area contributed by atoms with Gasteiger partial charge >= 0.3 is 0 Å². The van der Waals surface area contributed by atoms with E-state index in [-0.39, 0.29) is 36.3 Å². The summed E-state index contributed by atoms with van der Waals surface area (Å²) >= 11 is 0. The first-order valence-corrected chi connectivity index (χ1v) is 13.5. The van der Waals surface area contributed by atoms with Gasteiger partial charge in [0.15, 0.2) is 21.3 Å². The average Bonchev–Trinajstić information content (AvgIpc) is 3.28. The zero-order valence-electron chi connectivity index (χ0n) is 20.5. The maximum atomic E-state index is 13.7. The molecule has 4 N–H and O–H groups in total.